The van der Waals surface area contributed by atoms with E-state index in [1.165, 1.54) is 0 Å². The van der Waals surface area contributed by atoms with Crippen molar-refractivity contribution in [3.8, 4) is 22.8 Å². The summed E-state index contributed by atoms with van der Waals surface area (Å²) in [5, 5.41) is 11.4. The normalized spacial score (nSPS) is 11.7. The standard InChI is InChI=1S/C22H17NO3/c1-25-18-11-9-15(10-12-18)22-14-20(19-7-2-3-8-21(19)26-22)23-16-5-4-6-17(24)13-16/h2-14,24H,1H3. The molecule has 0 fully saturated rings. The van der Waals surface area contributed by atoms with Gasteiger partial charge in [-0.05, 0) is 48.5 Å². The van der Waals surface area contributed by atoms with Gasteiger partial charge in [0, 0.05) is 23.1 Å². The number of aromatic hydroxyl groups is 1. The van der Waals surface area contributed by atoms with Crippen molar-refractivity contribution in [2.45, 2.75) is 0 Å². The number of rotatable bonds is 3. The van der Waals surface area contributed by atoms with Gasteiger partial charge in [0.15, 0.2) is 0 Å². The van der Waals surface area contributed by atoms with Gasteiger partial charge in [-0.25, -0.2) is 4.99 Å². The third kappa shape index (κ3) is 3.17. The molecule has 4 nitrogen and oxygen atoms in total. The van der Waals surface area contributed by atoms with Crippen molar-refractivity contribution < 1.29 is 14.3 Å². The molecule has 0 amide bonds. The first-order chi connectivity index (χ1) is 12.7. The molecule has 3 aromatic carbocycles. The van der Waals surface area contributed by atoms with Crippen molar-refractivity contribution in [3.63, 3.8) is 0 Å². The lowest BCUT2D eigenvalue weighted by atomic mass is 10.1. The zero-order valence-corrected chi connectivity index (χ0v) is 14.2. The lowest BCUT2D eigenvalue weighted by Gasteiger charge is -2.06. The van der Waals surface area contributed by atoms with Crippen molar-refractivity contribution >= 4 is 16.7 Å². The molecule has 4 aromatic rings. The van der Waals surface area contributed by atoms with Crippen molar-refractivity contribution in [1.29, 1.82) is 0 Å². The highest BCUT2D eigenvalue weighted by Crippen LogP contribution is 2.25. The number of phenols is 1. The van der Waals surface area contributed by atoms with E-state index in [4.69, 9.17) is 14.1 Å². The Bertz CT molecular complexity index is 1130. The third-order valence-electron chi connectivity index (χ3n) is 4.10. The summed E-state index contributed by atoms with van der Waals surface area (Å²) >= 11 is 0. The summed E-state index contributed by atoms with van der Waals surface area (Å²) in [5.41, 5.74) is 2.37. The Morgan fingerprint density at radius 2 is 1.69 bits per heavy atom. The average molecular weight is 343 g/mol. The molecule has 1 heterocycles. The molecule has 0 saturated carbocycles. The predicted octanol–water partition coefficient (Wildman–Crippen LogP) is 5.05. The smallest absolute Gasteiger partial charge is 0.136 e. The molecule has 0 unspecified atom stereocenters. The van der Waals surface area contributed by atoms with Crippen LogP contribution in [-0.2, 0) is 0 Å². The molecule has 0 saturated heterocycles. The zero-order valence-electron chi connectivity index (χ0n) is 14.2. The Kier molecular flexibility index (Phi) is 4.15. The van der Waals surface area contributed by atoms with E-state index in [1.54, 1.807) is 25.3 Å². The minimum atomic E-state index is 0.187. The lowest BCUT2D eigenvalue weighted by Crippen LogP contribution is -2.03. The Morgan fingerprint density at radius 1 is 0.885 bits per heavy atom. The number of fused-ring (bicyclic) bond motifs is 1. The highest BCUT2D eigenvalue weighted by atomic mass is 16.5. The first-order valence-electron chi connectivity index (χ1n) is 8.24. The molecular formula is C22H17NO3. The van der Waals surface area contributed by atoms with Crippen LogP contribution in [0.15, 0.2) is 88.3 Å². The Hall–Kier alpha value is -3.53. The zero-order chi connectivity index (χ0) is 17.9. The van der Waals surface area contributed by atoms with Gasteiger partial charge in [-0.2, -0.15) is 0 Å². The number of benzene rings is 3. The van der Waals surface area contributed by atoms with E-state index >= 15 is 0 Å². The summed E-state index contributed by atoms with van der Waals surface area (Å²) in [6, 6.07) is 24.3. The Morgan fingerprint density at radius 3 is 2.46 bits per heavy atom. The minimum absolute atomic E-state index is 0.187. The van der Waals surface area contributed by atoms with Crippen molar-refractivity contribution in [3.05, 3.63) is 84.2 Å². The van der Waals surface area contributed by atoms with E-state index in [0.717, 1.165) is 27.6 Å². The van der Waals surface area contributed by atoms with Crippen LogP contribution >= 0.6 is 0 Å². The van der Waals surface area contributed by atoms with Gasteiger partial charge in [0.1, 0.15) is 22.8 Å². The van der Waals surface area contributed by atoms with Crippen LogP contribution in [0.4, 0.5) is 5.69 Å². The van der Waals surface area contributed by atoms with Crippen LogP contribution in [0.1, 0.15) is 0 Å². The fourth-order valence-electron chi connectivity index (χ4n) is 2.81. The summed E-state index contributed by atoms with van der Waals surface area (Å²) in [6.45, 7) is 0. The van der Waals surface area contributed by atoms with Crippen LogP contribution in [0, 0.1) is 0 Å². The van der Waals surface area contributed by atoms with E-state index in [9.17, 15) is 5.11 Å². The number of para-hydroxylation sites is 1. The number of ether oxygens (including phenoxy) is 1. The van der Waals surface area contributed by atoms with Crippen molar-refractivity contribution in [2.75, 3.05) is 7.11 Å². The number of methoxy groups -OCH3 is 1. The van der Waals surface area contributed by atoms with Gasteiger partial charge in [-0.1, -0.05) is 18.2 Å². The third-order valence-corrected chi connectivity index (χ3v) is 4.10. The molecule has 26 heavy (non-hydrogen) atoms. The molecule has 1 N–H and O–H groups in total. The van der Waals surface area contributed by atoms with E-state index in [1.807, 2.05) is 60.7 Å². The average Bonchev–Trinajstić information content (AvgIpc) is 2.68. The second-order valence-electron chi connectivity index (χ2n) is 5.85. The fraction of sp³-hybridized carbons (Fsp3) is 0.0455. The molecule has 4 heteroatoms. The van der Waals surface area contributed by atoms with Gasteiger partial charge < -0.3 is 14.3 Å². The predicted molar refractivity (Wildman–Crippen MR) is 102 cm³/mol. The van der Waals surface area contributed by atoms with Crippen molar-refractivity contribution in [1.82, 2.24) is 0 Å². The largest absolute Gasteiger partial charge is 0.508 e. The maximum Gasteiger partial charge on any atom is 0.136 e. The monoisotopic (exact) mass is 343 g/mol. The lowest BCUT2D eigenvalue weighted by molar-refractivity contribution is 0.415. The summed E-state index contributed by atoms with van der Waals surface area (Å²) in [5.74, 6) is 1.69. The summed E-state index contributed by atoms with van der Waals surface area (Å²) in [4.78, 5) is 4.71. The van der Waals surface area contributed by atoms with Crippen LogP contribution in [0.25, 0.3) is 22.3 Å². The van der Waals surface area contributed by atoms with Crippen LogP contribution < -0.4 is 10.1 Å². The topological polar surface area (TPSA) is 55.0 Å². The highest BCUT2D eigenvalue weighted by Gasteiger charge is 2.06. The molecule has 0 spiro atoms. The maximum absolute atomic E-state index is 9.70. The second kappa shape index (κ2) is 6.76. The van der Waals surface area contributed by atoms with Crippen LogP contribution in [0.2, 0.25) is 0 Å². The molecule has 4 rings (SSSR count). The molecular weight excluding hydrogens is 326 g/mol. The molecule has 0 bridgehead atoms. The van der Waals surface area contributed by atoms with Gasteiger partial charge in [0.05, 0.1) is 18.2 Å². The molecule has 128 valence electrons. The first-order valence-corrected chi connectivity index (χ1v) is 8.24. The minimum Gasteiger partial charge on any atom is -0.508 e. The van der Waals surface area contributed by atoms with E-state index < -0.39 is 0 Å². The second-order valence-corrected chi connectivity index (χ2v) is 5.85. The van der Waals surface area contributed by atoms with Gasteiger partial charge in [0.25, 0.3) is 0 Å². The first kappa shape index (κ1) is 16.0. The fourth-order valence-corrected chi connectivity index (χ4v) is 2.81. The Balaban J connectivity index is 1.93. The van der Waals surface area contributed by atoms with Crippen LogP contribution in [0.3, 0.4) is 0 Å². The molecule has 0 aliphatic carbocycles. The molecule has 0 aliphatic rings. The van der Waals surface area contributed by atoms with Crippen LogP contribution in [0.5, 0.6) is 11.5 Å². The van der Waals surface area contributed by atoms with Crippen molar-refractivity contribution in [2.24, 2.45) is 4.99 Å². The molecule has 0 aliphatic heterocycles. The molecule has 0 atom stereocenters. The number of hydrogen-bond acceptors (Lipinski definition) is 4. The van der Waals surface area contributed by atoms with E-state index in [0.29, 0.717) is 11.4 Å². The highest BCUT2D eigenvalue weighted by molar-refractivity contribution is 5.78. The summed E-state index contributed by atoms with van der Waals surface area (Å²) in [6.07, 6.45) is 0. The van der Waals surface area contributed by atoms with Gasteiger partial charge in [-0.15, -0.1) is 0 Å². The van der Waals surface area contributed by atoms with E-state index in [2.05, 4.69) is 0 Å². The number of nitrogens with zero attached hydrogens (tertiary/aromatic N) is 1. The maximum atomic E-state index is 9.70. The molecule has 0 radical (unpaired) electrons. The Labute approximate surface area is 150 Å². The van der Waals surface area contributed by atoms with E-state index in [-0.39, 0.29) is 5.75 Å². The summed E-state index contributed by atoms with van der Waals surface area (Å²) < 4.78 is 11.3. The molecule has 1 aromatic heterocycles. The SMILES string of the molecule is COc1ccc(-c2cc(=Nc3cccc(O)c3)c3ccccc3o2)cc1. The number of phenolic OH excluding ortho intramolecular Hbond substituents is 1. The number of hydrogen-bond donors (Lipinski definition) is 1. The van der Waals surface area contributed by atoms with Crippen LogP contribution in [-0.4, -0.2) is 12.2 Å². The quantitative estimate of drug-likeness (QED) is 0.566. The summed E-state index contributed by atoms with van der Waals surface area (Å²) in [7, 11) is 1.64. The van der Waals surface area contributed by atoms with Gasteiger partial charge in [0.2, 0.25) is 0 Å². The van der Waals surface area contributed by atoms with Gasteiger partial charge in [-0.3, -0.25) is 0 Å². The van der Waals surface area contributed by atoms with Gasteiger partial charge >= 0.3 is 0 Å².